The maximum Gasteiger partial charge on any atom is 0.306 e. The lowest BCUT2D eigenvalue weighted by atomic mass is 10.2. The van der Waals surface area contributed by atoms with Gasteiger partial charge >= 0.3 is 5.97 Å². The van der Waals surface area contributed by atoms with E-state index in [1.165, 1.54) is 0 Å². The van der Waals surface area contributed by atoms with Gasteiger partial charge in [0.15, 0.2) is 6.61 Å². The van der Waals surface area contributed by atoms with Crippen molar-refractivity contribution < 1.29 is 14.3 Å². The number of rotatable bonds is 7. The number of aromatic amines is 1. The van der Waals surface area contributed by atoms with Crippen LogP contribution in [-0.4, -0.2) is 28.5 Å². The Bertz CT molecular complexity index is 998. The first-order valence-electron chi connectivity index (χ1n) is 8.49. The zero-order chi connectivity index (χ0) is 19.2. The molecule has 0 radical (unpaired) electrons. The Kier molecular flexibility index (Phi) is 5.97. The van der Waals surface area contributed by atoms with Gasteiger partial charge in [-0.3, -0.25) is 14.4 Å². The topological polar surface area (TPSA) is 101 Å². The summed E-state index contributed by atoms with van der Waals surface area (Å²) in [7, 11) is 0. The molecule has 0 aliphatic rings. The number of carbonyl (C=O) groups excluding carboxylic acids is 2. The van der Waals surface area contributed by atoms with E-state index in [-0.39, 0.29) is 37.0 Å². The number of hydrogen-bond acceptors (Lipinski definition) is 6. The number of ether oxygens (including phenoxy) is 1. The molecule has 2 heterocycles. The van der Waals surface area contributed by atoms with E-state index >= 15 is 0 Å². The van der Waals surface area contributed by atoms with Crippen LogP contribution in [0.2, 0.25) is 0 Å². The second-order valence-corrected chi connectivity index (χ2v) is 6.97. The standard InChI is InChI=1S/C19H19N3O4S/c1-12(15-7-4-10-27-15)20-17(23)11-26-18(24)9-8-16-21-14-6-3-2-5-13(14)19(25)22-16/h2-7,10,12H,8-9,11H2,1H3,(H,20,23)(H,21,22,25)/t12-/m1/s1. The molecule has 2 N–H and O–H groups in total. The molecule has 140 valence electrons. The predicted octanol–water partition coefficient (Wildman–Crippen LogP) is 2.34. The molecular weight excluding hydrogens is 366 g/mol. The van der Waals surface area contributed by atoms with Crippen molar-refractivity contribution >= 4 is 34.1 Å². The van der Waals surface area contributed by atoms with Gasteiger partial charge in [0.25, 0.3) is 11.5 Å². The van der Waals surface area contributed by atoms with Gasteiger partial charge in [-0.1, -0.05) is 18.2 Å². The molecule has 3 rings (SSSR count). The van der Waals surface area contributed by atoms with Gasteiger partial charge in [0.1, 0.15) is 5.82 Å². The van der Waals surface area contributed by atoms with Crippen LogP contribution >= 0.6 is 11.3 Å². The van der Waals surface area contributed by atoms with Crippen molar-refractivity contribution in [2.75, 3.05) is 6.61 Å². The van der Waals surface area contributed by atoms with Crippen molar-refractivity contribution in [2.24, 2.45) is 0 Å². The molecule has 0 spiro atoms. The summed E-state index contributed by atoms with van der Waals surface area (Å²) in [6.45, 7) is 1.53. The molecule has 0 aliphatic heterocycles. The number of aryl methyl sites for hydroxylation is 1. The highest BCUT2D eigenvalue weighted by atomic mass is 32.1. The Morgan fingerprint density at radius 3 is 2.85 bits per heavy atom. The largest absolute Gasteiger partial charge is 0.456 e. The summed E-state index contributed by atoms with van der Waals surface area (Å²) in [4.78, 5) is 43.8. The normalized spacial score (nSPS) is 11.9. The van der Waals surface area contributed by atoms with E-state index in [0.717, 1.165) is 4.88 Å². The number of hydrogen-bond donors (Lipinski definition) is 2. The Hall–Kier alpha value is -3.00. The maximum absolute atomic E-state index is 12.0. The number of para-hydroxylation sites is 1. The molecule has 3 aromatic rings. The van der Waals surface area contributed by atoms with Crippen LogP contribution in [0.1, 0.15) is 30.1 Å². The van der Waals surface area contributed by atoms with Crippen LogP contribution in [0.3, 0.4) is 0 Å². The highest BCUT2D eigenvalue weighted by Crippen LogP contribution is 2.17. The molecule has 1 atom stereocenters. The third kappa shape index (κ3) is 5.01. The molecule has 1 amide bonds. The number of thiophene rings is 1. The van der Waals surface area contributed by atoms with Gasteiger partial charge < -0.3 is 15.0 Å². The fraction of sp³-hybridized carbons (Fsp3) is 0.263. The van der Waals surface area contributed by atoms with E-state index in [2.05, 4.69) is 15.3 Å². The molecule has 0 bridgehead atoms. The fourth-order valence-corrected chi connectivity index (χ4v) is 3.32. The van der Waals surface area contributed by atoms with Crippen molar-refractivity contribution in [3.63, 3.8) is 0 Å². The summed E-state index contributed by atoms with van der Waals surface area (Å²) >= 11 is 1.55. The number of fused-ring (bicyclic) bond motifs is 1. The molecule has 0 aliphatic carbocycles. The summed E-state index contributed by atoms with van der Waals surface area (Å²) in [5, 5.41) is 5.21. The van der Waals surface area contributed by atoms with E-state index in [0.29, 0.717) is 16.7 Å². The Balaban J connectivity index is 1.47. The van der Waals surface area contributed by atoms with Crippen molar-refractivity contribution in [3.8, 4) is 0 Å². The minimum absolute atomic E-state index is 0.0229. The lowest BCUT2D eigenvalue weighted by Gasteiger charge is -2.12. The third-order valence-electron chi connectivity index (χ3n) is 3.94. The average molecular weight is 385 g/mol. The van der Waals surface area contributed by atoms with Crippen LogP contribution < -0.4 is 10.9 Å². The number of nitrogens with zero attached hydrogens (tertiary/aromatic N) is 1. The molecule has 7 nitrogen and oxygen atoms in total. The zero-order valence-electron chi connectivity index (χ0n) is 14.7. The monoisotopic (exact) mass is 385 g/mol. The fourth-order valence-electron chi connectivity index (χ4n) is 2.58. The number of esters is 1. The van der Waals surface area contributed by atoms with Gasteiger partial charge in [0.2, 0.25) is 0 Å². The van der Waals surface area contributed by atoms with Gasteiger partial charge in [-0.25, -0.2) is 4.98 Å². The number of amides is 1. The van der Waals surface area contributed by atoms with E-state index in [9.17, 15) is 14.4 Å². The number of H-pyrrole nitrogens is 1. The van der Waals surface area contributed by atoms with E-state index in [4.69, 9.17) is 4.74 Å². The summed E-state index contributed by atoms with van der Waals surface area (Å²) in [5.41, 5.74) is 0.331. The van der Waals surface area contributed by atoms with Crippen LogP contribution in [0, 0.1) is 0 Å². The minimum atomic E-state index is -0.523. The second kappa shape index (κ2) is 8.59. The minimum Gasteiger partial charge on any atom is -0.456 e. The van der Waals surface area contributed by atoms with Crippen LogP contribution in [0.15, 0.2) is 46.6 Å². The highest BCUT2D eigenvalue weighted by molar-refractivity contribution is 7.10. The summed E-state index contributed by atoms with van der Waals surface area (Å²) in [6.07, 6.45) is 0.251. The first kappa shape index (κ1) is 18.8. The van der Waals surface area contributed by atoms with Crippen molar-refractivity contribution in [1.82, 2.24) is 15.3 Å². The van der Waals surface area contributed by atoms with Gasteiger partial charge in [-0.15, -0.1) is 11.3 Å². The summed E-state index contributed by atoms with van der Waals surface area (Å²) in [5.74, 6) is -0.474. The number of carbonyl (C=O) groups is 2. The Morgan fingerprint density at radius 1 is 1.26 bits per heavy atom. The molecule has 1 aromatic carbocycles. The molecule has 0 unspecified atom stereocenters. The first-order chi connectivity index (χ1) is 13.0. The molecule has 27 heavy (non-hydrogen) atoms. The second-order valence-electron chi connectivity index (χ2n) is 6.00. The van der Waals surface area contributed by atoms with Crippen molar-refractivity contribution in [2.45, 2.75) is 25.8 Å². The van der Waals surface area contributed by atoms with Crippen LogP contribution in [0.25, 0.3) is 10.9 Å². The molecule has 8 heteroatoms. The lowest BCUT2D eigenvalue weighted by Crippen LogP contribution is -2.30. The van der Waals surface area contributed by atoms with E-state index < -0.39 is 5.97 Å². The van der Waals surface area contributed by atoms with Crippen molar-refractivity contribution in [1.29, 1.82) is 0 Å². The van der Waals surface area contributed by atoms with Gasteiger partial charge in [-0.05, 0) is 30.5 Å². The highest BCUT2D eigenvalue weighted by Gasteiger charge is 2.13. The van der Waals surface area contributed by atoms with E-state index in [1.54, 1.807) is 35.6 Å². The number of nitrogens with one attached hydrogen (secondary N) is 2. The lowest BCUT2D eigenvalue weighted by molar-refractivity contribution is -0.148. The molecule has 2 aromatic heterocycles. The summed E-state index contributed by atoms with van der Waals surface area (Å²) < 4.78 is 4.99. The predicted molar refractivity (Wildman–Crippen MR) is 103 cm³/mol. The van der Waals surface area contributed by atoms with Crippen molar-refractivity contribution in [3.05, 3.63) is 62.8 Å². The smallest absolute Gasteiger partial charge is 0.306 e. The Morgan fingerprint density at radius 2 is 2.07 bits per heavy atom. The van der Waals surface area contributed by atoms with E-state index in [1.807, 2.05) is 24.4 Å². The quantitative estimate of drug-likeness (QED) is 0.608. The number of aromatic nitrogens is 2. The molecular formula is C19H19N3O4S. The van der Waals surface area contributed by atoms with Crippen LogP contribution in [0.5, 0.6) is 0 Å². The van der Waals surface area contributed by atoms with Gasteiger partial charge in [0.05, 0.1) is 23.4 Å². The zero-order valence-corrected chi connectivity index (χ0v) is 15.5. The Labute approximate surface area is 159 Å². The molecule has 0 fully saturated rings. The van der Waals surface area contributed by atoms with Crippen LogP contribution in [-0.2, 0) is 20.7 Å². The number of benzene rings is 1. The SMILES string of the molecule is C[C@@H](NC(=O)COC(=O)CCc1nc2ccccc2c(=O)[nH]1)c1cccs1. The van der Waals surface area contributed by atoms with Gasteiger partial charge in [0, 0.05) is 11.3 Å². The van der Waals surface area contributed by atoms with Crippen LogP contribution in [0.4, 0.5) is 0 Å². The van der Waals surface area contributed by atoms with Gasteiger partial charge in [-0.2, -0.15) is 0 Å². The molecule has 0 saturated carbocycles. The average Bonchev–Trinajstić information content (AvgIpc) is 3.20. The third-order valence-corrected chi connectivity index (χ3v) is 4.99. The summed E-state index contributed by atoms with van der Waals surface area (Å²) in [6, 6.07) is 10.7. The molecule has 0 saturated heterocycles. The maximum atomic E-state index is 12.0. The first-order valence-corrected chi connectivity index (χ1v) is 9.37.